The van der Waals surface area contributed by atoms with E-state index in [9.17, 15) is 0 Å². The molecule has 0 aliphatic heterocycles. The molecule has 0 spiro atoms. The monoisotopic (exact) mass is 508 g/mol. The van der Waals surface area contributed by atoms with Gasteiger partial charge in [-0.2, -0.15) is 0 Å². The van der Waals surface area contributed by atoms with Crippen LogP contribution in [0.4, 0.5) is 0 Å². The van der Waals surface area contributed by atoms with Crippen molar-refractivity contribution in [2.45, 2.75) is 0 Å². The van der Waals surface area contributed by atoms with Crippen LogP contribution in [0.2, 0.25) is 0 Å². The molecule has 0 aromatic carbocycles. The summed E-state index contributed by atoms with van der Waals surface area (Å²) in [5, 5.41) is 0. The molecular weight excluding hydrogens is 504 g/mol. The van der Waals surface area contributed by atoms with Gasteiger partial charge in [0.2, 0.25) is 0 Å². The quantitative estimate of drug-likeness (QED) is 0.407. The van der Waals surface area contributed by atoms with Crippen molar-refractivity contribution in [3.63, 3.8) is 0 Å². The zero-order chi connectivity index (χ0) is 0. The van der Waals surface area contributed by atoms with Gasteiger partial charge in [-0.3, -0.25) is 0 Å². The Labute approximate surface area is 164 Å². The molecule has 0 bridgehead atoms. The molecule has 0 heterocycles. The van der Waals surface area contributed by atoms with Crippen LogP contribution in [0.5, 0.6) is 0 Å². The summed E-state index contributed by atoms with van der Waals surface area (Å²) < 4.78 is 0. The first-order valence-corrected chi connectivity index (χ1v) is 0. The Kier molecular flexibility index (Phi) is 1750. The van der Waals surface area contributed by atoms with Crippen LogP contribution >= 0.6 is 0 Å². The third-order valence-corrected chi connectivity index (χ3v) is 0. The average molecular weight is 504 g/mol. The van der Waals surface area contributed by atoms with Gasteiger partial charge in [-0.05, 0) is 0 Å². The molecule has 0 aliphatic carbocycles. The third-order valence-electron chi connectivity index (χ3n) is 0. The number of hydrogen-bond donors (Lipinski definition) is 0. The van der Waals surface area contributed by atoms with E-state index < -0.39 is 0 Å². The van der Waals surface area contributed by atoms with Crippen molar-refractivity contribution < 1.29 is 59.2 Å². The Morgan fingerprint density at radius 2 is 0.273 bits per heavy atom. The maximum absolute atomic E-state index is 0. The normalized spacial score (nSPS) is 0. The van der Waals surface area contributed by atoms with E-state index in [0.717, 1.165) is 0 Å². The van der Waals surface area contributed by atoms with E-state index in [1.807, 2.05) is 0 Å². The molecule has 0 radical (unpaired) electrons. The summed E-state index contributed by atoms with van der Waals surface area (Å²) >= 11 is 0. The van der Waals surface area contributed by atoms with Crippen LogP contribution in [0.25, 0.3) is 0 Å². The molecule has 0 fully saturated rings. The topological polar surface area (TPSA) is 0 Å². The first-order valence-electron chi connectivity index (χ1n) is 0. The Bertz CT molecular complexity index is 12.1. The second-order valence-electron chi connectivity index (χ2n) is 0. The first-order chi connectivity index (χ1) is 0. The van der Waals surface area contributed by atoms with Gasteiger partial charge < -0.3 is 108 Å². The van der Waals surface area contributed by atoms with E-state index in [1.54, 1.807) is 0 Å². The molecule has 0 aromatic rings. The van der Waals surface area contributed by atoms with Crippen LogP contribution in [0.1, 0.15) is 0 Å². The van der Waals surface area contributed by atoms with Crippen LogP contribution in [0, 0.1) is 0 Å². The predicted molar refractivity (Wildman–Crippen MR) is 58.9 cm³/mol. The fourth-order valence-corrected chi connectivity index (χ4v) is 0. The van der Waals surface area contributed by atoms with E-state index in [0.29, 0.717) is 0 Å². The Morgan fingerprint density at radius 3 is 0.273 bits per heavy atom. The summed E-state index contributed by atoms with van der Waals surface area (Å²) in [6, 6.07) is 0. The minimum atomic E-state index is 0. The standard InChI is InChI=1S/Fe.2Mo.8S/q+2;;;8*-2. The number of hydrogen-bond acceptors (Lipinski definition) is 0. The summed E-state index contributed by atoms with van der Waals surface area (Å²) in [7, 11) is 0. The molecular formula is FeMo2S8-14. The van der Waals surface area contributed by atoms with E-state index in [-0.39, 0.29) is 167 Å². The van der Waals surface area contributed by atoms with Crippen LogP contribution in [-0.4, -0.2) is 0 Å². The Balaban J connectivity index is 0. The molecule has 11 heavy (non-hydrogen) atoms. The molecule has 0 saturated heterocycles. The van der Waals surface area contributed by atoms with Crippen molar-refractivity contribution in [3.8, 4) is 0 Å². The van der Waals surface area contributed by atoms with Crippen LogP contribution in [-0.2, 0) is 167 Å². The second kappa shape index (κ2) is 125. The molecule has 0 nitrogen and oxygen atoms in total. The molecule has 0 N–H and O–H groups in total. The summed E-state index contributed by atoms with van der Waals surface area (Å²) in [5.41, 5.74) is 0. The zero-order valence-electron chi connectivity index (χ0n) is 4.44. The summed E-state index contributed by atoms with van der Waals surface area (Å²) in [5.74, 6) is 0. The van der Waals surface area contributed by atoms with Crippen molar-refractivity contribution >= 4 is 108 Å². The van der Waals surface area contributed by atoms with Gasteiger partial charge >= 0.3 is 17.1 Å². The van der Waals surface area contributed by atoms with Crippen LogP contribution in [0.15, 0.2) is 0 Å². The van der Waals surface area contributed by atoms with Crippen molar-refractivity contribution in [1.82, 2.24) is 0 Å². The van der Waals surface area contributed by atoms with Crippen LogP contribution < -0.4 is 0 Å². The van der Waals surface area contributed by atoms with Crippen molar-refractivity contribution in [2.75, 3.05) is 0 Å². The van der Waals surface area contributed by atoms with E-state index in [1.165, 1.54) is 0 Å². The van der Waals surface area contributed by atoms with Gasteiger partial charge in [0.1, 0.15) is 0 Å². The molecule has 11 heteroatoms. The van der Waals surface area contributed by atoms with E-state index >= 15 is 0 Å². The molecule has 0 rings (SSSR count). The Hall–Kier alpha value is 4.70. The van der Waals surface area contributed by atoms with Gasteiger partial charge in [-0.1, -0.05) is 0 Å². The van der Waals surface area contributed by atoms with Gasteiger partial charge in [0.15, 0.2) is 0 Å². The predicted octanol–water partition coefficient (Wildman–Crippen LogP) is -0.0267. The maximum Gasteiger partial charge on any atom is 2.00 e. The average Bonchev–Trinajstić information content (AvgIpc) is 0. The molecule has 0 saturated carbocycles. The largest absolute Gasteiger partial charge is 2.00 e. The van der Waals surface area contributed by atoms with E-state index in [2.05, 4.69) is 0 Å². The van der Waals surface area contributed by atoms with Crippen molar-refractivity contribution in [1.29, 1.82) is 0 Å². The SMILES string of the molecule is [Fe+2].[Mo].[Mo].[S-2].[S-2].[S-2].[S-2].[S-2].[S-2].[S-2].[S-2]. The summed E-state index contributed by atoms with van der Waals surface area (Å²) in [4.78, 5) is 0. The summed E-state index contributed by atoms with van der Waals surface area (Å²) in [6.07, 6.45) is 0. The van der Waals surface area contributed by atoms with Crippen molar-refractivity contribution in [3.05, 3.63) is 0 Å². The van der Waals surface area contributed by atoms with E-state index in [4.69, 9.17) is 0 Å². The van der Waals surface area contributed by atoms with Crippen molar-refractivity contribution in [2.24, 2.45) is 0 Å². The van der Waals surface area contributed by atoms with Gasteiger partial charge in [-0.15, -0.1) is 0 Å². The molecule has 0 amide bonds. The molecule has 0 aliphatic rings. The Morgan fingerprint density at radius 1 is 0.273 bits per heavy atom. The summed E-state index contributed by atoms with van der Waals surface area (Å²) in [6.45, 7) is 0. The second-order valence-corrected chi connectivity index (χ2v) is 0. The zero-order valence-corrected chi connectivity index (χ0v) is 16.1. The molecule has 0 atom stereocenters. The molecule has 0 unspecified atom stereocenters. The number of rotatable bonds is 0. The third kappa shape index (κ3) is 107. The maximum atomic E-state index is 0. The van der Waals surface area contributed by atoms with Gasteiger partial charge in [0, 0.05) is 42.1 Å². The van der Waals surface area contributed by atoms with Gasteiger partial charge in [-0.25, -0.2) is 0 Å². The minimum Gasteiger partial charge on any atom is -2.00 e. The fraction of sp³-hybridized carbons (Fsp3) is 0. The first kappa shape index (κ1) is 154. The smallest absolute Gasteiger partial charge is 2.00 e. The minimum absolute atomic E-state index is 0. The van der Waals surface area contributed by atoms with Crippen LogP contribution in [0.3, 0.4) is 0 Å². The fourth-order valence-electron chi connectivity index (χ4n) is 0. The molecule has 82 valence electrons. The van der Waals surface area contributed by atoms with Gasteiger partial charge in [0.25, 0.3) is 0 Å². The molecule has 0 aromatic heterocycles. The van der Waals surface area contributed by atoms with Gasteiger partial charge in [0.05, 0.1) is 0 Å².